The molecular formula is C10H10BrN. The molecule has 1 aromatic carbocycles. The summed E-state index contributed by atoms with van der Waals surface area (Å²) < 4.78 is 1.14. The van der Waals surface area contributed by atoms with Crippen LogP contribution < -0.4 is 0 Å². The third-order valence-electron chi connectivity index (χ3n) is 2.22. The Labute approximate surface area is 80.6 Å². The minimum absolute atomic E-state index is 0.525. The monoisotopic (exact) mass is 223 g/mol. The molecule has 1 atom stereocenters. The van der Waals surface area contributed by atoms with Gasteiger partial charge in [0.1, 0.15) is 0 Å². The van der Waals surface area contributed by atoms with Crippen LogP contribution in [0.25, 0.3) is 0 Å². The minimum Gasteiger partial charge on any atom is -0.260 e. The highest BCUT2D eigenvalue weighted by Crippen LogP contribution is 2.35. The summed E-state index contributed by atoms with van der Waals surface area (Å²) in [5.74, 6) is 0.525. The molecule has 1 aromatic rings. The molecule has 1 aliphatic heterocycles. The first kappa shape index (κ1) is 7.99. The number of halogens is 1. The highest BCUT2D eigenvalue weighted by molar-refractivity contribution is 9.10. The van der Waals surface area contributed by atoms with Crippen LogP contribution in [-0.2, 0) is 0 Å². The van der Waals surface area contributed by atoms with Crippen LogP contribution >= 0.6 is 15.9 Å². The molecule has 0 spiro atoms. The molecule has 1 nitrogen and oxygen atoms in total. The molecule has 0 fully saturated rings. The molecule has 0 saturated heterocycles. The van der Waals surface area contributed by atoms with Crippen LogP contribution in [0.3, 0.4) is 0 Å². The van der Waals surface area contributed by atoms with E-state index < -0.39 is 0 Å². The van der Waals surface area contributed by atoms with Gasteiger partial charge in [-0.25, -0.2) is 0 Å². The predicted molar refractivity (Wildman–Crippen MR) is 55.3 cm³/mol. The zero-order valence-corrected chi connectivity index (χ0v) is 8.51. The van der Waals surface area contributed by atoms with Gasteiger partial charge < -0.3 is 0 Å². The maximum absolute atomic E-state index is 4.35. The summed E-state index contributed by atoms with van der Waals surface area (Å²) in [5, 5.41) is 0. The van der Waals surface area contributed by atoms with E-state index >= 15 is 0 Å². The van der Waals surface area contributed by atoms with Gasteiger partial charge >= 0.3 is 0 Å². The van der Waals surface area contributed by atoms with Crippen LogP contribution in [0.15, 0.2) is 27.7 Å². The lowest BCUT2D eigenvalue weighted by Gasteiger charge is -2.05. The van der Waals surface area contributed by atoms with Crippen LogP contribution in [-0.4, -0.2) is 6.21 Å². The fourth-order valence-corrected chi connectivity index (χ4v) is 1.89. The largest absolute Gasteiger partial charge is 0.260 e. The summed E-state index contributed by atoms with van der Waals surface area (Å²) in [6, 6.07) is 6.26. The zero-order valence-electron chi connectivity index (χ0n) is 6.92. The Morgan fingerprint density at radius 2 is 2.33 bits per heavy atom. The molecule has 12 heavy (non-hydrogen) atoms. The van der Waals surface area contributed by atoms with Gasteiger partial charge in [0, 0.05) is 16.6 Å². The normalized spacial score (nSPS) is 19.7. The number of fused-ring (bicyclic) bond motifs is 1. The maximum atomic E-state index is 4.35. The van der Waals surface area contributed by atoms with Crippen molar-refractivity contribution in [3.8, 4) is 0 Å². The second kappa shape index (κ2) is 3.02. The lowest BCUT2D eigenvalue weighted by atomic mass is 9.99. The molecule has 1 unspecified atom stereocenters. The van der Waals surface area contributed by atoms with Gasteiger partial charge in [0.05, 0.1) is 5.69 Å². The molecular weight excluding hydrogens is 214 g/mol. The van der Waals surface area contributed by atoms with Gasteiger partial charge in [0.2, 0.25) is 0 Å². The molecule has 1 aliphatic rings. The van der Waals surface area contributed by atoms with Crippen molar-refractivity contribution < 1.29 is 0 Å². The number of nitrogens with zero attached hydrogens (tertiary/aromatic N) is 1. The smallest absolute Gasteiger partial charge is 0.0665 e. The fourth-order valence-electron chi connectivity index (χ4n) is 1.52. The van der Waals surface area contributed by atoms with Gasteiger partial charge in [-0.05, 0) is 30.2 Å². The topological polar surface area (TPSA) is 12.4 Å². The Kier molecular flexibility index (Phi) is 2.01. The van der Waals surface area contributed by atoms with E-state index in [1.807, 2.05) is 12.3 Å². The molecule has 0 amide bonds. The average Bonchev–Trinajstić information content (AvgIpc) is 2.46. The first-order chi connectivity index (χ1) is 5.81. The van der Waals surface area contributed by atoms with Gasteiger partial charge in [-0.2, -0.15) is 0 Å². The van der Waals surface area contributed by atoms with E-state index in [9.17, 15) is 0 Å². The van der Waals surface area contributed by atoms with Crippen molar-refractivity contribution in [3.63, 3.8) is 0 Å². The highest BCUT2D eigenvalue weighted by atomic mass is 79.9. The lowest BCUT2D eigenvalue weighted by Crippen LogP contribution is -1.92. The average molecular weight is 224 g/mol. The van der Waals surface area contributed by atoms with Gasteiger partial charge in [-0.15, -0.1) is 0 Å². The van der Waals surface area contributed by atoms with Crippen molar-refractivity contribution >= 4 is 27.8 Å². The number of benzene rings is 1. The van der Waals surface area contributed by atoms with Crippen LogP contribution in [0.2, 0.25) is 0 Å². The predicted octanol–water partition coefficient (Wildman–Crippen LogP) is 3.66. The van der Waals surface area contributed by atoms with E-state index in [-0.39, 0.29) is 0 Å². The highest BCUT2D eigenvalue weighted by Gasteiger charge is 2.16. The maximum Gasteiger partial charge on any atom is 0.0665 e. The van der Waals surface area contributed by atoms with Crippen molar-refractivity contribution in [3.05, 3.63) is 28.2 Å². The Balaban J connectivity index is 2.48. The molecule has 2 rings (SSSR count). The van der Waals surface area contributed by atoms with Crippen LogP contribution in [0, 0.1) is 0 Å². The van der Waals surface area contributed by atoms with Crippen molar-refractivity contribution in [2.45, 2.75) is 19.3 Å². The first-order valence-corrected chi connectivity index (χ1v) is 4.94. The standard InChI is InChI=1S/C10H10BrN/c1-2-7-6-12-10-4-3-8(11)5-9(7)10/h3-7H,2H2,1H3. The molecule has 0 saturated carbocycles. The van der Waals surface area contributed by atoms with Crippen LogP contribution in [0.1, 0.15) is 24.8 Å². The summed E-state index contributed by atoms with van der Waals surface area (Å²) >= 11 is 3.47. The molecule has 0 N–H and O–H groups in total. The molecule has 0 bridgehead atoms. The molecule has 1 heterocycles. The Morgan fingerprint density at radius 3 is 3.08 bits per heavy atom. The van der Waals surface area contributed by atoms with E-state index in [2.05, 4.69) is 40.0 Å². The SMILES string of the molecule is CCC1C=Nc2ccc(Br)cc21. The zero-order chi connectivity index (χ0) is 8.55. The Bertz CT molecular complexity index is 331. The van der Waals surface area contributed by atoms with Crippen LogP contribution in [0.4, 0.5) is 5.69 Å². The molecule has 0 aromatic heterocycles. The second-order valence-electron chi connectivity index (χ2n) is 3.00. The Hall–Kier alpha value is -0.630. The molecule has 62 valence electrons. The van der Waals surface area contributed by atoms with Crippen molar-refractivity contribution in [1.29, 1.82) is 0 Å². The van der Waals surface area contributed by atoms with E-state index in [1.54, 1.807) is 0 Å². The lowest BCUT2D eigenvalue weighted by molar-refractivity contribution is 0.875. The summed E-state index contributed by atoms with van der Waals surface area (Å²) in [4.78, 5) is 4.35. The number of aliphatic imine (C=N–C) groups is 1. The molecule has 0 radical (unpaired) electrons. The summed E-state index contributed by atoms with van der Waals surface area (Å²) in [6.07, 6.45) is 3.17. The Morgan fingerprint density at radius 1 is 1.50 bits per heavy atom. The molecule has 2 heteroatoms. The second-order valence-corrected chi connectivity index (χ2v) is 3.91. The van der Waals surface area contributed by atoms with E-state index in [0.29, 0.717) is 5.92 Å². The van der Waals surface area contributed by atoms with Gasteiger partial charge in [-0.1, -0.05) is 22.9 Å². The van der Waals surface area contributed by atoms with Crippen molar-refractivity contribution in [2.24, 2.45) is 4.99 Å². The summed E-state index contributed by atoms with van der Waals surface area (Å²) in [7, 11) is 0. The van der Waals surface area contributed by atoms with E-state index in [1.165, 1.54) is 5.56 Å². The molecule has 0 aliphatic carbocycles. The van der Waals surface area contributed by atoms with Crippen molar-refractivity contribution in [2.75, 3.05) is 0 Å². The summed E-state index contributed by atoms with van der Waals surface area (Å²) in [6.45, 7) is 2.19. The third-order valence-corrected chi connectivity index (χ3v) is 2.72. The third kappa shape index (κ3) is 1.20. The van der Waals surface area contributed by atoms with Crippen LogP contribution in [0.5, 0.6) is 0 Å². The van der Waals surface area contributed by atoms with E-state index in [0.717, 1.165) is 16.6 Å². The van der Waals surface area contributed by atoms with E-state index in [4.69, 9.17) is 0 Å². The first-order valence-electron chi connectivity index (χ1n) is 4.15. The van der Waals surface area contributed by atoms with Crippen molar-refractivity contribution in [1.82, 2.24) is 0 Å². The van der Waals surface area contributed by atoms with Gasteiger partial charge in [0.25, 0.3) is 0 Å². The number of hydrogen-bond donors (Lipinski definition) is 0. The fraction of sp³-hybridized carbons (Fsp3) is 0.300. The van der Waals surface area contributed by atoms with Gasteiger partial charge in [-0.3, -0.25) is 4.99 Å². The summed E-state index contributed by atoms with van der Waals surface area (Å²) in [5.41, 5.74) is 2.48. The quantitative estimate of drug-likeness (QED) is 0.690. The minimum atomic E-state index is 0.525. The van der Waals surface area contributed by atoms with Gasteiger partial charge in [0.15, 0.2) is 0 Å². The number of hydrogen-bond acceptors (Lipinski definition) is 1. The number of rotatable bonds is 1.